The molecule has 3 unspecified atom stereocenters. The summed E-state index contributed by atoms with van der Waals surface area (Å²) >= 11 is 0. The van der Waals surface area contributed by atoms with Gasteiger partial charge in [0, 0.05) is 31.9 Å². The van der Waals surface area contributed by atoms with Gasteiger partial charge in [0.15, 0.2) is 0 Å². The number of methoxy groups -OCH3 is 1. The summed E-state index contributed by atoms with van der Waals surface area (Å²) in [6, 6.07) is 3.57. The summed E-state index contributed by atoms with van der Waals surface area (Å²) in [6.07, 6.45) is 4.16. The average molecular weight is 292 g/mol. The number of carboxylic acids is 1. The van der Waals surface area contributed by atoms with E-state index in [1.54, 1.807) is 18.1 Å². The van der Waals surface area contributed by atoms with Crippen LogP contribution in [0.4, 0.5) is 0 Å². The fourth-order valence-corrected chi connectivity index (χ4v) is 3.70. The molecule has 114 valence electrons. The van der Waals surface area contributed by atoms with Gasteiger partial charge in [-0.1, -0.05) is 0 Å². The second-order valence-electron chi connectivity index (χ2n) is 5.77. The van der Waals surface area contributed by atoms with Gasteiger partial charge in [-0.3, -0.25) is 9.59 Å². The van der Waals surface area contributed by atoms with Gasteiger partial charge in [-0.2, -0.15) is 0 Å². The predicted molar refractivity (Wildman–Crippen MR) is 75.0 cm³/mol. The minimum Gasteiger partial charge on any atom is -0.481 e. The summed E-state index contributed by atoms with van der Waals surface area (Å²) in [5.74, 6) is -1.24. The molecule has 2 fully saturated rings. The van der Waals surface area contributed by atoms with Crippen LogP contribution in [0.2, 0.25) is 0 Å². The third-order valence-corrected chi connectivity index (χ3v) is 4.67. The standard InChI is InChI=1S/C15H20N2O4/c1-21-8-7-16-6-2-3-13(16)14(18)17-10-4-5-12(17)11(9-10)15(19)20/h2-3,6,10-12H,4-5,7-9H2,1H3,(H,19,20). The summed E-state index contributed by atoms with van der Waals surface area (Å²) in [7, 11) is 1.63. The number of hydrogen-bond acceptors (Lipinski definition) is 3. The van der Waals surface area contributed by atoms with Crippen molar-refractivity contribution in [2.75, 3.05) is 13.7 Å². The van der Waals surface area contributed by atoms with E-state index in [0.717, 1.165) is 12.8 Å². The van der Waals surface area contributed by atoms with Crippen LogP contribution in [0.3, 0.4) is 0 Å². The second-order valence-corrected chi connectivity index (χ2v) is 5.77. The van der Waals surface area contributed by atoms with E-state index in [4.69, 9.17) is 4.74 Å². The second kappa shape index (κ2) is 5.52. The maximum Gasteiger partial charge on any atom is 0.308 e. The van der Waals surface area contributed by atoms with Crippen molar-refractivity contribution in [1.29, 1.82) is 0 Å². The number of ether oxygens (including phenoxy) is 1. The number of carboxylic acid groups (broad SMARTS) is 1. The highest BCUT2D eigenvalue weighted by molar-refractivity contribution is 5.94. The molecular formula is C15H20N2O4. The fourth-order valence-electron chi connectivity index (χ4n) is 3.70. The number of hydrogen-bond donors (Lipinski definition) is 1. The van der Waals surface area contributed by atoms with Crippen LogP contribution < -0.4 is 0 Å². The predicted octanol–water partition coefficient (Wildman–Crippen LogP) is 1.21. The molecule has 0 aliphatic carbocycles. The molecule has 2 saturated heterocycles. The highest BCUT2D eigenvalue weighted by Gasteiger charge is 2.51. The lowest BCUT2D eigenvalue weighted by Gasteiger charge is -2.23. The van der Waals surface area contributed by atoms with Gasteiger partial charge < -0.3 is 19.3 Å². The Morgan fingerprint density at radius 3 is 2.90 bits per heavy atom. The highest BCUT2D eigenvalue weighted by atomic mass is 16.5. The molecule has 3 heterocycles. The van der Waals surface area contributed by atoms with E-state index < -0.39 is 11.9 Å². The maximum atomic E-state index is 12.8. The van der Waals surface area contributed by atoms with Crippen molar-refractivity contribution in [3.05, 3.63) is 24.0 Å². The number of aromatic nitrogens is 1. The third kappa shape index (κ3) is 2.33. The van der Waals surface area contributed by atoms with Gasteiger partial charge in [-0.15, -0.1) is 0 Å². The molecule has 6 heteroatoms. The molecule has 0 radical (unpaired) electrons. The summed E-state index contributed by atoms with van der Waals surface area (Å²) in [5.41, 5.74) is 0.620. The van der Waals surface area contributed by atoms with Crippen molar-refractivity contribution >= 4 is 11.9 Å². The Hall–Kier alpha value is -1.82. The molecule has 1 N–H and O–H groups in total. The molecule has 1 aromatic rings. The van der Waals surface area contributed by atoms with Crippen LogP contribution in [0.25, 0.3) is 0 Å². The van der Waals surface area contributed by atoms with Crippen molar-refractivity contribution < 1.29 is 19.4 Å². The zero-order valence-corrected chi connectivity index (χ0v) is 12.1. The van der Waals surface area contributed by atoms with Crippen LogP contribution in [-0.4, -0.2) is 52.3 Å². The first kappa shape index (κ1) is 14.1. The van der Waals surface area contributed by atoms with Gasteiger partial charge in [0.25, 0.3) is 5.91 Å². The maximum absolute atomic E-state index is 12.8. The molecule has 2 bridgehead atoms. The molecule has 3 atom stereocenters. The smallest absolute Gasteiger partial charge is 0.308 e. The summed E-state index contributed by atoms with van der Waals surface area (Å²) in [5, 5.41) is 9.28. The van der Waals surface area contributed by atoms with E-state index in [1.165, 1.54) is 0 Å². The van der Waals surface area contributed by atoms with Crippen molar-refractivity contribution in [1.82, 2.24) is 9.47 Å². The summed E-state index contributed by atoms with van der Waals surface area (Å²) in [6.45, 7) is 1.16. The molecule has 0 spiro atoms. The van der Waals surface area contributed by atoms with E-state index in [-0.39, 0.29) is 18.0 Å². The van der Waals surface area contributed by atoms with Crippen molar-refractivity contribution in [3.8, 4) is 0 Å². The van der Waals surface area contributed by atoms with Crippen molar-refractivity contribution in [3.63, 3.8) is 0 Å². The Kier molecular flexibility index (Phi) is 3.71. The minimum absolute atomic E-state index is 0.0487. The van der Waals surface area contributed by atoms with Crippen LogP contribution in [0.15, 0.2) is 18.3 Å². The topological polar surface area (TPSA) is 71.8 Å². The number of fused-ring (bicyclic) bond motifs is 2. The fraction of sp³-hybridized carbons (Fsp3) is 0.600. The van der Waals surface area contributed by atoms with Crippen molar-refractivity contribution in [2.45, 2.75) is 37.9 Å². The van der Waals surface area contributed by atoms with Gasteiger partial charge in [0.05, 0.1) is 12.5 Å². The number of carbonyl (C=O) groups excluding carboxylic acids is 1. The van der Waals surface area contributed by atoms with E-state index >= 15 is 0 Å². The molecule has 0 saturated carbocycles. The van der Waals surface area contributed by atoms with Gasteiger partial charge in [-0.25, -0.2) is 0 Å². The Morgan fingerprint density at radius 2 is 2.24 bits per heavy atom. The number of amides is 1. The monoisotopic (exact) mass is 292 g/mol. The minimum atomic E-state index is -0.783. The van der Waals surface area contributed by atoms with Crippen LogP contribution >= 0.6 is 0 Å². The van der Waals surface area contributed by atoms with Crippen LogP contribution in [0.5, 0.6) is 0 Å². The summed E-state index contributed by atoms with van der Waals surface area (Å²) < 4.78 is 6.93. The molecule has 2 aliphatic heterocycles. The molecule has 0 aromatic carbocycles. The highest BCUT2D eigenvalue weighted by Crippen LogP contribution is 2.42. The molecular weight excluding hydrogens is 272 g/mol. The lowest BCUT2D eigenvalue weighted by Crippen LogP contribution is -2.38. The largest absolute Gasteiger partial charge is 0.481 e. The number of nitrogens with zero attached hydrogens (tertiary/aromatic N) is 2. The Balaban J connectivity index is 1.80. The zero-order chi connectivity index (χ0) is 15.0. The number of aliphatic carboxylic acids is 1. The molecule has 6 nitrogen and oxygen atoms in total. The normalized spacial score (nSPS) is 27.3. The van der Waals surface area contributed by atoms with E-state index in [1.807, 2.05) is 16.8 Å². The van der Waals surface area contributed by atoms with Gasteiger partial charge >= 0.3 is 5.97 Å². The first-order valence-corrected chi connectivity index (χ1v) is 7.33. The molecule has 1 amide bonds. The summed E-state index contributed by atoms with van der Waals surface area (Å²) in [4.78, 5) is 25.9. The third-order valence-electron chi connectivity index (χ3n) is 4.67. The quantitative estimate of drug-likeness (QED) is 0.885. The number of rotatable bonds is 5. The van der Waals surface area contributed by atoms with Gasteiger partial charge in [0.1, 0.15) is 5.69 Å². The lowest BCUT2D eigenvalue weighted by atomic mass is 9.89. The first-order valence-electron chi connectivity index (χ1n) is 7.33. The van der Waals surface area contributed by atoms with Crippen LogP contribution in [-0.2, 0) is 16.1 Å². The van der Waals surface area contributed by atoms with Gasteiger partial charge in [-0.05, 0) is 31.4 Å². The SMILES string of the molecule is COCCn1cccc1C(=O)N1C2CCC1C(C(=O)O)C2. The van der Waals surface area contributed by atoms with Gasteiger partial charge in [0.2, 0.25) is 0 Å². The van der Waals surface area contributed by atoms with E-state index in [2.05, 4.69) is 0 Å². The molecule has 1 aromatic heterocycles. The molecule has 2 aliphatic rings. The Labute approximate surface area is 123 Å². The zero-order valence-electron chi connectivity index (χ0n) is 12.1. The Morgan fingerprint density at radius 1 is 1.43 bits per heavy atom. The van der Waals surface area contributed by atoms with E-state index in [0.29, 0.717) is 25.3 Å². The average Bonchev–Trinajstić information content (AvgIpc) is 3.17. The van der Waals surface area contributed by atoms with Crippen LogP contribution in [0, 0.1) is 5.92 Å². The number of carbonyl (C=O) groups is 2. The van der Waals surface area contributed by atoms with Crippen molar-refractivity contribution in [2.24, 2.45) is 5.92 Å². The van der Waals surface area contributed by atoms with Crippen LogP contribution in [0.1, 0.15) is 29.8 Å². The molecule has 21 heavy (non-hydrogen) atoms. The lowest BCUT2D eigenvalue weighted by molar-refractivity contribution is -0.142. The Bertz CT molecular complexity index is 554. The molecule has 3 rings (SSSR count). The first-order chi connectivity index (χ1) is 10.1. The van der Waals surface area contributed by atoms with E-state index in [9.17, 15) is 14.7 Å².